The largest absolute Gasteiger partial charge is 0.459 e. The summed E-state index contributed by atoms with van der Waals surface area (Å²) in [6.07, 6.45) is -1.89. The topological polar surface area (TPSA) is 90.6 Å². The highest BCUT2D eigenvalue weighted by Crippen LogP contribution is 2.20. The summed E-state index contributed by atoms with van der Waals surface area (Å²) in [6, 6.07) is -1.48. The lowest BCUT2D eigenvalue weighted by Crippen LogP contribution is -2.46. The van der Waals surface area contributed by atoms with Gasteiger partial charge in [-0.05, 0) is 41.5 Å². The van der Waals surface area contributed by atoms with Crippen LogP contribution in [-0.2, 0) is 14.3 Å². The Morgan fingerprint density at radius 1 is 1.05 bits per heavy atom. The summed E-state index contributed by atoms with van der Waals surface area (Å²) >= 11 is 0. The van der Waals surface area contributed by atoms with Crippen LogP contribution in [0.5, 0.6) is 0 Å². The third-order valence-electron chi connectivity index (χ3n) is 2.12. The van der Waals surface area contributed by atoms with Crippen molar-refractivity contribution in [1.29, 1.82) is 0 Å². The first-order chi connectivity index (χ1) is 9.61. The minimum absolute atomic E-state index is 0.785. The SMILES string of the molecule is CC(C)(C)OC(=O)NCC(F)(F)C[C@@H](N)C(=O)OC(C)(C)C. The number of esters is 1. The maximum absolute atomic E-state index is 13.7. The van der Waals surface area contributed by atoms with Crippen LogP contribution in [0.1, 0.15) is 48.0 Å². The first-order valence-electron chi connectivity index (χ1n) is 6.94. The van der Waals surface area contributed by atoms with Gasteiger partial charge in [0.05, 0.1) is 6.54 Å². The van der Waals surface area contributed by atoms with E-state index in [2.05, 4.69) is 0 Å². The molecule has 0 aliphatic heterocycles. The molecular weight excluding hydrogens is 298 g/mol. The lowest BCUT2D eigenvalue weighted by atomic mass is 10.1. The molecule has 0 aromatic rings. The zero-order valence-electron chi connectivity index (χ0n) is 14.0. The number of rotatable bonds is 5. The van der Waals surface area contributed by atoms with Crippen molar-refractivity contribution in [2.75, 3.05) is 6.54 Å². The lowest BCUT2D eigenvalue weighted by Gasteiger charge is -2.25. The Morgan fingerprint density at radius 3 is 1.91 bits per heavy atom. The standard InChI is InChI=1S/C14H26F2N2O4/c1-12(2,3)21-10(19)9(17)7-14(15,16)8-18-11(20)22-13(4,5)6/h9H,7-8,17H2,1-6H3,(H,18,20)/t9-/m1/s1. The number of carbonyl (C=O) groups excluding carboxylic acids is 2. The van der Waals surface area contributed by atoms with E-state index in [4.69, 9.17) is 15.2 Å². The van der Waals surface area contributed by atoms with Gasteiger partial charge in [-0.15, -0.1) is 0 Å². The molecule has 22 heavy (non-hydrogen) atoms. The lowest BCUT2D eigenvalue weighted by molar-refractivity contribution is -0.158. The Kier molecular flexibility index (Phi) is 6.74. The monoisotopic (exact) mass is 324 g/mol. The number of nitrogens with one attached hydrogen (secondary N) is 1. The predicted octanol–water partition coefficient (Wildman–Crippen LogP) is 2.21. The van der Waals surface area contributed by atoms with E-state index in [1.54, 1.807) is 41.5 Å². The Bertz CT molecular complexity index is 401. The van der Waals surface area contributed by atoms with Crippen LogP contribution in [0, 0.1) is 0 Å². The smallest absolute Gasteiger partial charge is 0.407 e. The average molecular weight is 324 g/mol. The molecule has 0 saturated heterocycles. The molecule has 0 fully saturated rings. The second-order valence-corrected chi connectivity index (χ2v) is 7.06. The zero-order valence-corrected chi connectivity index (χ0v) is 14.0. The van der Waals surface area contributed by atoms with Crippen LogP contribution in [0.2, 0.25) is 0 Å². The van der Waals surface area contributed by atoms with Crippen LogP contribution in [0.4, 0.5) is 13.6 Å². The molecule has 8 heteroatoms. The Morgan fingerprint density at radius 2 is 1.50 bits per heavy atom. The molecule has 1 amide bonds. The molecule has 0 heterocycles. The van der Waals surface area contributed by atoms with E-state index in [0.29, 0.717) is 0 Å². The van der Waals surface area contributed by atoms with Gasteiger partial charge in [0.2, 0.25) is 0 Å². The van der Waals surface area contributed by atoms with Crippen LogP contribution in [0.15, 0.2) is 0 Å². The van der Waals surface area contributed by atoms with Crippen LogP contribution in [-0.4, -0.2) is 41.8 Å². The molecule has 0 bridgehead atoms. The van der Waals surface area contributed by atoms with Crippen molar-refractivity contribution in [2.24, 2.45) is 5.73 Å². The summed E-state index contributed by atoms with van der Waals surface area (Å²) in [4.78, 5) is 22.9. The minimum Gasteiger partial charge on any atom is -0.459 e. The number of halogens is 2. The van der Waals surface area contributed by atoms with Gasteiger partial charge < -0.3 is 20.5 Å². The molecule has 0 aliphatic rings. The van der Waals surface area contributed by atoms with Gasteiger partial charge in [-0.1, -0.05) is 0 Å². The average Bonchev–Trinajstić information content (AvgIpc) is 2.21. The summed E-state index contributed by atoms with van der Waals surface area (Å²) in [5, 5.41) is 1.95. The Balaban J connectivity index is 4.39. The van der Waals surface area contributed by atoms with Gasteiger partial charge in [-0.25, -0.2) is 13.6 Å². The first-order valence-corrected chi connectivity index (χ1v) is 6.94. The van der Waals surface area contributed by atoms with Crippen molar-refractivity contribution in [3.8, 4) is 0 Å². The summed E-state index contributed by atoms with van der Waals surface area (Å²) in [5.74, 6) is -4.27. The highest BCUT2D eigenvalue weighted by atomic mass is 19.3. The normalized spacial score (nSPS) is 14.2. The van der Waals surface area contributed by atoms with E-state index in [1.807, 2.05) is 5.32 Å². The van der Waals surface area contributed by atoms with Gasteiger partial charge >= 0.3 is 12.1 Å². The summed E-state index contributed by atoms with van der Waals surface area (Å²) in [5.41, 5.74) is 3.83. The van der Waals surface area contributed by atoms with Crippen molar-refractivity contribution < 1.29 is 27.8 Å². The zero-order chi connectivity index (χ0) is 17.8. The number of amides is 1. The van der Waals surface area contributed by atoms with Crippen molar-refractivity contribution in [2.45, 2.75) is 71.1 Å². The maximum atomic E-state index is 13.7. The number of ether oxygens (including phenoxy) is 2. The van der Waals surface area contributed by atoms with Gasteiger partial charge in [-0.3, -0.25) is 4.79 Å². The minimum atomic E-state index is -3.35. The number of hydrogen-bond acceptors (Lipinski definition) is 5. The van der Waals surface area contributed by atoms with Gasteiger partial charge in [-0.2, -0.15) is 0 Å². The first kappa shape index (κ1) is 20.6. The number of nitrogens with two attached hydrogens (primary N) is 1. The molecule has 1 atom stereocenters. The predicted molar refractivity (Wildman–Crippen MR) is 77.6 cm³/mol. The fourth-order valence-corrected chi connectivity index (χ4v) is 1.37. The molecule has 3 N–H and O–H groups in total. The highest BCUT2D eigenvalue weighted by molar-refractivity contribution is 5.76. The van der Waals surface area contributed by atoms with Gasteiger partial charge in [0.25, 0.3) is 5.92 Å². The summed E-state index contributed by atoms with van der Waals surface area (Å²) < 4.78 is 37.2. The fourth-order valence-electron chi connectivity index (χ4n) is 1.37. The van der Waals surface area contributed by atoms with Crippen molar-refractivity contribution in [1.82, 2.24) is 5.32 Å². The summed E-state index contributed by atoms with van der Waals surface area (Å²) in [6.45, 7) is 8.70. The highest BCUT2D eigenvalue weighted by Gasteiger charge is 2.36. The van der Waals surface area contributed by atoms with Crippen LogP contribution < -0.4 is 11.1 Å². The maximum Gasteiger partial charge on any atom is 0.407 e. The quantitative estimate of drug-likeness (QED) is 0.757. The number of carbonyl (C=O) groups is 2. The molecule has 0 unspecified atom stereocenters. The molecule has 6 nitrogen and oxygen atoms in total. The second-order valence-electron chi connectivity index (χ2n) is 7.06. The molecule has 0 aromatic carbocycles. The van der Waals surface area contributed by atoms with E-state index < -0.39 is 48.2 Å². The molecule has 0 aromatic heterocycles. The Labute approximate surface area is 129 Å². The van der Waals surface area contributed by atoms with Crippen LogP contribution in [0.25, 0.3) is 0 Å². The molecule has 130 valence electrons. The molecule has 0 rings (SSSR count). The number of alkyl carbamates (subject to hydrolysis) is 1. The number of hydrogen-bond donors (Lipinski definition) is 2. The van der Waals surface area contributed by atoms with Gasteiger partial charge in [0, 0.05) is 6.42 Å². The molecule has 0 aliphatic carbocycles. The van der Waals surface area contributed by atoms with E-state index in [-0.39, 0.29) is 0 Å². The molecular formula is C14H26F2N2O4. The third kappa shape index (κ3) is 10.3. The van der Waals surface area contributed by atoms with Crippen molar-refractivity contribution >= 4 is 12.1 Å². The molecule has 0 radical (unpaired) electrons. The van der Waals surface area contributed by atoms with E-state index >= 15 is 0 Å². The number of alkyl halides is 2. The van der Waals surface area contributed by atoms with Crippen molar-refractivity contribution in [3.63, 3.8) is 0 Å². The van der Waals surface area contributed by atoms with Gasteiger partial charge in [0.1, 0.15) is 17.2 Å². The molecule has 0 saturated carbocycles. The van der Waals surface area contributed by atoms with Crippen LogP contribution >= 0.6 is 0 Å². The second kappa shape index (κ2) is 7.21. The van der Waals surface area contributed by atoms with E-state index in [0.717, 1.165) is 0 Å². The van der Waals surface area contributed by atoms with E-state index in [9.17, 15) is 18.4 Å². The molecule has 0 spiro atoms. The van der Waals surface area contributed by atoms with Crippen LogP contribution in [0.3, 0.4) is 0 Å². The van der Waals surface area contributed by atoms with Gasteiger partial charge in [0.15, 0.2) is 0 Å². The van der Waals surface area contributed by atoms with E-state index in [1.165, 1.54) is 0 Å². The van der Waals surface area contributed by atoms with Crippen molar-refractivity contribution in [3.05, 3.63) is 0 Å². The Hall–Kier alpha value is -1.44. The fraction of sp³-hybridized carbons (Fsp3) is 0.857. The summed E-state index contributed by atoms with van der Waals surface area (Å²) in [7, 11) is 0. The third-order valence-corrected chi connectivity index (χ3v) is 2.12.